The minimum absolute atomic E-state index is 0.468. The quantitative estimate of drug-likeness (QED) is 0.563. The first-order chi connectivity index (χ1) is 6.22. The van der Waals surface area contributed by atoms with Crippen molar-refractivity contribution in [3.8, 4) is 0 Å². The average molecular weight is 203 g/mol. The van der Waals surface area contributed by atoms with Gasteiger partial charge in [-0.1, -0.05) is 0 Å². The molecule has 0 aliphatic heterocycles. The van der Waals surface area contributed by atoms with Crippen molar-refractivity contribution in [1.29, 1.82) is 0 Å². The van der Waals surface area contributed by atoms with E-state index in [1.165, 1.54) is 12.1 Å². The Labute approximate surface area is 81.6 Å². The van der Waals surface area contributed by atoms with E-state index in [-0.39, 0.29) is 0 Å². The van der Waals surface area contributed by atoms with E-state index < -0.39 is 11.6 Å². The number of rotatable bonds is 4. The molecule has 4 heteroatoms. The number of benzene rings is 1. The number of halogens is 2. The maximum absolute atomic E-state index is 12.7. The van der Waals surface area contributed by atoms with E-state index in [2.05, 4.69) is 17.9 Å². The van der Waals surface area contributed by atoms with E-state index in [1.54, 1.807) is 0 Å². The van der Waals surface area contributed by atoms with Crippen LogP contribution in [0.3, 0.4) is 0 Å². The van der Waals surface area contributed by atoms with Crippen molar-refractivity contribution in [2.75, 3.05) is 12.3 Å². The summed E-state index contributed by atoms with van der Waals surface area (Å²) in [6.45, 7) is 1.19. The predicted octanol–water partition coefficient (Wildman–Crippen LogP) is 1.98. The van der Waals surface area contributed by atoms with E-state index in [0.29, 0.717) is 17.9 Å². The van der Waals surface area contributed by atoms with Crippen molar-refractivity contribution in [1.82, 2.24) is 5.32 Å². The normalized spacial score (nSPS) is 10.4. The summed E-state index contributed by atoms with van der Waals surface area (Å²) >= 11 is 4.00. The van der Waals surface area contributed by atoms with Gasteiger partial charge in [0.1, 0.15) is 11.6 Å². The molecule has 1 rings (SSSR count). The van der Waals surface area contributed by atoms with E-state index in [4.69, 9.17) is 0 Å². The second-order valence-electron chi connectivity index (χ2n) is 2.68. The average Bonchev–Trinajstić information content (AvgIpc) is 2.03. The molecule has 72 valence electrons. The Hall–Kier alpha value is -0.610. The molecule has 0 fully saturated rings. The lowest BCUT2D eigenvalue weighted by Crippen LogP contribution is -2.15. The molecule has 0 radical (unpaired) electrons. The summed E-state index contributed by atoms with van der Waals surface area (Å²) in [7, 11) is 0. The monoisotopic (exact) mass is 203 g/mol. The SMILES string of the molecule is Fc1cc(F)cc(CNCCS)c1. The summed E-state index contributed by atoms with van der Waals surface area (Å²) in [6, 6.07) is 3.49. The fourth-order valence-corrected chi connectivity index (χ4v) is 1.18. The zero-order valence-electron chi connectivity index (χ0n) is 7.06. The van der Waals surface area contributed by atoms with Gasteiger partial charge in [-0.3, -0.25) is 0 Å². The standard InChI is InChI=1S/C9H11F2NS/c10-8-3-7(4-9(11)5-8)6-12-1-2-13/h3-5,12-13H,1-2,6H2. The fourth-order valence-electron chi connectivity index (χ4n) is 1.02. The van der Waals surface area contributed by atoms with Crippen LogP contribution in [0.2, 0.25) is 0 Å². The molecule has 0 saturated carbocycles. The topological polar surface area (TPSA) is 12.0 Å². The highest BCUT2D eigenvalue weighted by atomic mass is 32.1. The van der Waals surface area contributed by atoms with Crippen molar-refractivity contribution < 1.29 is 8.78 Å². The highest BCUT2D eigenvalue weighted by Gasteiger charge is 1.99. The first-order valence-electron chi connectivity index (χ1n) is 3.99. The molecule has 0 bridgehead atoms. The van der Waals surface area contributed by atoms with Crippen LogP contribution in [0.15, 0.2) is 18.2 Å². The molecule has 0 unspecified atom stereocenters. The van der Waals surface area contributed by atoms with Crippen LogP contribution in [-0.2, 0) is 6.54 Å². The van der Waals surface area contributed by atoms with Gasteiger partial charge < -0.3 is 5.32 Å². The summed E-state index contributed by atoms with van der Waals surface area (Å²) in [5.74, 6) is -0.372. The molecule has 13 heavy (non-hydrogen) atoms. The van der Waals surface area contributed by atoms with Gasteiger partial charge in [0.05, 0.1) is 0 Å². The van der Waals surface area contributed by atoms with E-state index in [0.717, 1.165) is 12.6 Å². The summed E-state index contributed by atoms with van der Waals surface area (Å²) in [5.41, 5.74) is 0.610. The van der Waals surface area contributed by atoms with Crippen molar-refractivity contribution in [3.05, 3.63) is 35.4 Å². The van der Waals surface area contributed by atoms with Crippen LogP contribution in [-0.4, -0.2) is 12.3 Å². The van der Waals surface area contributed by atoms with Crippen molar-refractivity contribution in [2.24, 2.45) is 0 Å². The Kier molecular flexibility index (Phi) is 4.18. The Morgan fingerprint density at radius 2 is 1.77 bits per heavy atom. The second-order valence-corrected chi connectivity index (χ2v) is 3.13. The first-order valence-corrected chi connectivity index (χ1v) is 4.62. The minimum Gasteiger partial charge on any atom is -0.312 e. The lowest BCUT2D eigenvalue weighted by molar-refractivity contribution is 0.576. The Morgan fingerprint density at radius 1 is 1.15 bits per heavy atom. The lowest BCUT2D eigenvalue weighted by atomic mass is 10.2. The number of thiol groups is 1. The van der Waals surface area contributed by atoms with Gasteiger partial charge in [0.2, 0.25) is 0 Å². The molecule has 0 heterocycles. The molecular formula is C9H11F2NS. The largest absolute Gasteiger partial charge is 0.312 e. The van der Waals surface area contributed by atoms with Crippen LogP contribution in [0.1, 0.15) is 5.56 Å². The van der Waals surface area contributed by atoms with Gasteiger partial charge in [-0.05, 0) is 17.7 Å². The molecule has 0 aliphatic rings. The molecule has 1 nitrogen and oxygen atoms in total. The molecule has 0 amide bonds. The van der Waals surface area contributed by atoms with Gasteiger partial charge in [-0.2, -0.15) is 12.6 Å². The zero-order chi connectivity index (χ0) is 9.68. The van der Waals surface area contributed by atoms with Crippen LogP contribution in [0.4, 0.5) is 8.78 Å². The predicted molar refractivity (Wildman–Crippen MR) is 51.9 cm³/mol. The van der Waals surface area contributed by atoms with Crippen molar-refractivity contribution in [2.45, 2.75) is 6.54 Å². The fraction of sp³-hybridized carbons (Fsp3) is 0.333. The number of hydrogen-bond acceptors (Lipinski definition) is 2. The van der Waals surface area contributed by atoms with Crippen molar-refractivity contribution in [3.63, 3.8) is 0 Å². The molecule has 0 atom stereocenters. The van der Waals surface area contributed by atoms with Crippen LogP contribution in [0.5, 0.6) is 0 Å². The number of nitrogens with one attached hydrogen (secondary N) is 1. The van der Waals surface area contributed by atoms with E-state index in [9.17, 15) is 8.78 Å². The van der Waals surface area contributed by atoms with Crippen LogP contribution >= 0.6 is 12.6 Å². The highest BCUT2D eigenvalue weighted by Crippen LogP contribution is 2.07. The summed E-state index contributed by atoms with van der Waals surface area (Å²) < 4.78 is 25.3. The number of hydrogen-bond donors (Lipinski definition) is 2. The molecular weight excluding hydrogens is 192 g/mol. The Bertz CT molecular complexity index is 258. The maximum Gasteiger partial charge on any atom is 0.126 e. The van der Waals surface area contributed by atoms with Gasteiger partial charge >= 0.3 is 0 Å². The van der Waals surface area contributed by atoms with Crippen LogP contribution < -0.4 is 5.32 Å². The van der Waals surface area contributed by atoms with E-state index >= 15 is 0 Å². The third kappa shape index (κ3) is 3.74. The third-order valence-electron chi connectivity index (χ3n) is 1.54. The highest BCUT2D eigenvalue weighted by molar-refractivity contribution is 7.80. The smallest absolute Gasteiger partial charge is 0.126 e. The summed E-state index contributed by atoms with van der Waals surface area (Å²) in [4.78, 5) is 0. The maximum atomic E-state index is 12.7. The van der Waals surface area contributed by atoms with Gasteiger partial charge in [-0.15, -0.1) is 0 Å². The van der Waals surface area contributed by atoms with Crippen molar-refractivity contribution >= 4 is 12.6 Å². The van der Waals surface area contributed by atoms with E-state index in [1.807, 2.05) is 0 Å². The molecule has 0 aliphatic carbocycles. The summed E-state index contributed by atoms with van der Waals surface area (Å²) in [5, 5.41) is 3.00. The molecule has 0 spiro atoms. The lowest BCUT2D eigenvalue weighted by Gasteiger charge is -2.03. The first kappa shape index (κ1) is 10.5. The third-order valence-corrected chi connectivity index (χ3v) is 1.76. The molecule has 1 aromatic carbocycles. The van der Waals surface area contributed by atoms with Gasteiger partial charge in [0.25, 0.3) is 0 Å². The van der Waals surface area contributed by atoms with Crippen LogP contribution in [0, 0.1) is 11.6 Å². The minimum atomic E-state index is -0.539. The Balaban J connectivity index is 2.56. The van der Waals surface area contributed by atoms with Gasteiger partial charge in [0, 0.05) is 24.9 Å². The zero-order valence-corrected chi connectivity index (χ0v) is 7.95. The van der Waals surface area contributed by atoms with Gasteiger partial charge in [0.15, 0.2) is 0 Å². The summed E-state index contributed by atoms with van der Waals surface area (Å²) in [6.07, 6.45) is 0. The molecule has 0 aromatic heterocycles. The molecule has 0 saturated heterocycles. The van der Waals surface area contributed by atoms with Crippen LogP contribution in [0.25, 0.3) is 0 Å². The van der Waals surface area contributed by atoms with Gasteiger partial charge in [-0.25, -0.2) is 8.78 Å². The molecule has 1 aromatic rings. The Morgan fingerprint density at radius 3 is 2.31 bits per heavy atom. The molecule has 1 N–H and O–H groups in total. The second kappa shape index (κ2) is 5.19.